The van der Waals surface area contributed by atoms with E-state index in [1.807, 2.05) is 30.3 Å². The maximum atomic E-state index is 5.13. The highest BCUT2D eigenvalue weighted by Crippen LogP contribution is 2.18. The molecule has 0 spiro atoms. The van der Waals surface area contributed by atoms with Crippen LogP contribution in [-0.2, 0) is 0 Å². The highest BCUT2D eigenvalue weighted by molar-refractivity contribution is 5.55. The van der Waals surface area contributed by atoms with Crippen LogP contribution in [0.15, 0.2) is 36.5 Å². The summed E-state index contributed by atoms with van der Waals surface area (Å²) in [6.45, 7) is 3.13. The van der Waals surface area contributed by atoms with Gasteiger partial charge >= 0.3 is 0 Å². The quantitative estimate of drug-likeness (QED) is 0.722. The highest BCUT2D eigenvalue weighted by Gasteiger charge is 2.00. The number of nitrogens with zero attached hydrogens (tertiary/aromatic N) is 2. The third-order valence-corrected chi connectivity index (χ3v) is 3.09. The normalized spacial score (nSPS) is 10.2. The van der Waals surface area contributed by atoms with E-state index < -0.39 is 0 Å². The summed E-state index contributed by atoms with van der Waals surface area (Å²) in [6.07, 6.45) is 5.35. The largest absolute Gasteiger partial charge is 0.497 e. The zero-order valence-corrected chi connectivity index (χ0v) is 12.6. The summed E-state index contributed by atoms with van der Waals surface area (Å²) in [4.78, 5) is 8.67. The molecule has 0 fully saturated rings. The van der Waals surface area contributed by atoms with Crippen LogP contribution in [0.25, 0.3) is 0 Å². The maximum Gasteiger partial charge on any atom is 0.229 e. The molecule has 0 bridgehead atoms. The van der Waals surface area contributed by atoms with Gasteiger partial charge in [-0.2, -0.15) is 4.98 Å². The van der Waals surface area contributed by atoms with Gasteiger partial charge in [-0.1, -0.05) is 19.8 Å². The predicted octanol–water partition coefficient (Wildman–Crippen LogP) is 3.83. The Hall–Kier alpha value is -2.30. The lowest BCUT2D eigenvalue weighted by molar-refractivity contribution is 0.415. The molecule has 0 saturated carbocycles. The van der Waals surface area contributed by atoms with Gasteiger partial charge in [-0.15, -0.1) is 0 Å². The summed E-state index contributed by atoms with van der Waals surface area (Å²) in [7, 11) is 1.65. The zero-order valence-electron chi connectivity index (χ0n) is 12.6. The van der Waals surface area contributed by atoms with Gasteiger partial charge in [-0.25, -0.2) is 4.98 Å². The number of aromatic nitrogens is 2. The molecule has 0 radical (unpaired) electrons. The zero-order chi connectivity index (χ0) is 14.9. The van der Waals surface area contributed by atoms with Gasteiger partial charge in [-0.3, -0.25) is 0 Å². The number of rotatable bonds is 8. The number of nitrogens with one attached hydrogen (secondary N) is 2. The minimum Gasteiger partial charge on any atom is -0.497 e. The first-order valence-corrected chi connectivity index (χ1v) is 7.30. The van der Waals surface area contributed by atoms with Gasteiger partial charge in [0.15, 0.2) is 0 Å². The van der Waals surface area contributed by atoms with Crippen LogP contribution in [0.4, 0.5) is 17.5 Å². The number of hydrogen-bond donors (Lipinski definition) is 2. The average Bonchev–Trinajstić information content (AvgIpc) is 2.53. The van der Waals surface area contributed by atoms with Crippen LogP contribution in [0.5, 0.6) is 5.75 Å². The van der Waals surface area contributed by atoms with Crippen LogP contribution < -0.4 is 15.4 Å². The molecular weight excluding hydrogens is 264 g/mol. The van der Waals surface area contributed by atoms with Crippen molar-refractivity contribution in [2.45, 2.75) is 26.2 Å². The molecule has 2 aromatic rings. The van der Waals surface area contributed by atoms with Crippen molar-refractivity contribution in [3.63, 3.8) is 0 Å². The van der Waals surface area contributed by atoms with Gasteiger partial charge in [0.2, 0.25) is 5.95 Å². The second kappa shape index (κ2) is 8.09. The third-order valence-electron chi connectivity index (χ3n) is 3.09. The molecule has 112 valence electrons. The first-order chi connectivity index (χ1) is 10.3. The number of benzene rings is 1. The molecule has 0 saturated heterocycles. The van der Waals surface area contributed by atoms with Crippen molar-refractivity contribution >= 4 is 17.5 Å². The highest BCUT2D eigenvalue weighted by atomic mass is 16.5. The van der Waals surface area contributed by atoms with Gasteiger partial charge in [0.05, 0.1) is 7.11 Å². The SMILES string of the molecule is CCCCCNc1ccnc(Nc2ccc(OC)cc2)n1. The van der Waals surface area contributed by atoms with Crippen molar-refractivity contribution in [1.29, 1.82) is 0 Å². The van der Waals surface area contributed by atoms with E-state index in [2.05, 4.69) is 27.5 Å². The van der Waals surface area contributed by atoms with E-state index in [1.165, 1.54) is 12.8 Å². The van der Waals surface area contributed by atoms with Crippen molar-refractivity contribution in [2.75, 3.05) is 24.3 Å². The van der Waals surface area contributed by atoms with Gasteiger partial charge in [0.1, 0.15) is 11.6 Å². The van der Waals surface area contributed by atoms with Crippen molar-refractivity contribution < 1.29 is 4.74 Å². The van der Waals surface area contributed by atoms with Crippen molar-refractivity contribution in [3.05, 3.63) is 36.5 Å². The fraction of sp³-hybridized carbons (Fsp3) is 0.375. The lowest BCUT2D eigenvalue weighted by Crippen LogP contribution is -2.05. The van der Waals surface area contributed by atoms with E-state index in [9.17, 15) is 0 Å². The maximum absolute atomic E-state index is 5.13. The van der Waals surface area contributed by atoms with E-state index in [1.54, 1.807) is 13.3 Å². The fourth-order valence-electron chi connectivity index (χ4n) is 1.91. The van der Waals surface area contributed by atoms with Crippen molar-refractivity contribution in [2.24, 2.45) is 0 Å². The third kappa shape index (κ3) is 4.95. The van der Waals surface area contributed by atoms with Crippen molar-refractivity contribution in [1.82, 2.24) is 9.97 Å². The Balaban J connectivity index is 1.93. The van der Waals surface area contributed by atoms with Gasteiger partial charge < -0.3 is 15.4 Å². The molecule has 1 heterocycles. The second-order valence-electron chi connectivity index (χ2n) is 4.75. The Bertz CT molecular complexity index is 542. The number of anilines is 3. The van der Waals surface area contributed by atoms with Gasteiger partial charge in [0, 0.05) is 18.4 Å². The smallest absolute Gasteiger partial charge is 0.229 e. The van der Waals surface area contributed by atoms with Crippen LogP contribution in [-0.4, -0.2) is 23.6 Å². The number of methoxy groups -OCH3 is 1. The molecule has 0 aliphatic heterocycles. The molecule has 2 N–H and O–H groups in total. The second-order valence-corrected chi connectivity index (χ2v) is 4.75. The van der Waals surface area contributed by atoms with E-state index in [0.717, 1.165) is 30.2 Å². The molecule has 0 aliphatic rings. The Morgan fingerprint density at radius 3 is 2.62 bits per heavy atom. The summed E-state index contributed by atoms with van der Waals surface area (Å²) >= 11 is 0. The predicted molar refractivity (Wildman–Crippen MR) is 86.3 cm³/mol. The summed E-state index contributed by atoms with van der Waals surface area (Å²) in [6, 6.07) is 9.54. The van der Waals surface area contributed by atoms with Gasteiger partial charge in [0.25, 0.3) is 0 Å². The molecule has 0 aliphatic carbocycles. The number of hydrogen-bond acceptors (Lipinski definition) is 5. The molecule has 1 aromatic heterocycles. The summed E-state index contributed by atoms with van der Waals surface area (Å²) < 4.78 is 5.13. The van der Waals surface area contributed by atoms with Crippen LogP contribution >= 0.6 is 0 Å². The molecule has 5 heteroatoms. The van der Waals surface area contributed by atoms with E-state index >= 15 is 0 Å². The fourth-order valence-corrected chi connectivity index (χ4v) is 1.91. The Labute approximate surface area is 125 Å². The standard InChI is InChI=1S/C16H22N4O/c1-3-4-5-11-17-15-10-12-18-16(20-15)19-13-6-8-14(21-2)9-7-13/h6-10,12H,3-5,11H2,1-2H3,(H2,17,18,19,20). The topological polar surface area (TPSA) is 59.1 Å². The first kappa shape index (κ1) is 15.1. The first-order valence-electron chi connectivity index (χ1n) is 7.30. The number of unbranched alkanes of at least 4 members (excludes halogenated alkanes) is 2. The van der Waals surface area contributed by atoms with Crippen LogP contribution in [0, 0.1) is 0 Å². The van der Waals surface area contributed by atoms with Crippen LogP contribution in [0.1, 0.15) is 26.2 Å². The molecule has 0 amide bonds. The van der Waals surface area contributed by atoms with Crippen LogP contribution in [0.3, 0.4) is 0 Å². The average molecular weight is 286 g/mol. The molecular formula is C16H22N4O. The van der Waals surface area contributed by atoms with Gasteiger partial charge in [-0.05, 0) is 36.8 Å². The van der Waals surface area contributed by atoms with E-state index in [-0.39, 0.29) is 0 Å². The molecule has 2 rings (SSSR count). The van der Waals surface area contributed by atoms with Crippen molar-refractivity contribution in [3.8, 4) is 5.75 Å². The minimum absolute atomic E-state index is 0.584. The Morgan fingerprint density at radius 1 is 1.10 bits per heavy atom. The monoisotopic (exact) mass is 286 g/mol. The summed E-state index contributed by atoms with van der Waals surface area (Å²) in [5.41, 5.74) is 0.930. The summed E-state index contributed by atoms with van der Waals surface area (Å²) in [5.74, 6) is 2.26. The minimum atomic E-state index is 0.584. The number of ether oxygens (including phenoxy) is 1. The van der Waals surface area contributed by atoms with E-state index in [4.69, 9.17) is 4.74 Å². The molecule has 0 atom stereocenters. The molecule has 21 heavy (non-hydrogen) atoms. The van der Waals surface area contributed by atoms with E-state index in [0.29, 0.717) is 5.95 Å². The Kier molecular flexibility index (Phi) is 5.82. The Morgan fingerprint density at radius 2 is 1.90 bits per heavy atom. The lowest BCUT2D eigenvalue weighted by Gasteiger charge is -2.08. The molecule has 0 unspecified atom stereocenters. The summed E-state index contributed by atoms with van der Waals surface area (Å²) in [5, 5.41) is 6.49. The lowest BCUT2D eigenvalue weighted by atomic mass is 10.2. The van der Waals surface area contributed by atoms with Crippen LogP contribution in [0.2, 0.25) is 0 Å². The molecule has 5 nitrogen and oxygen atoms in total. The molecule has 1 aromatic carbocycles.